The van der Waals surface area contributed by atoms with Crippen molar-refractivity contribution in [2.24, 2.45) is 0 Å². The molecule has 0 aliphatic carbocycles. The Kier molecular flexibility index (Phi) is 3.05. The van der Waals surface area contributed by atoms with Crippen LogP contribution < -0.4 is 0 Å². The summed E-state index contributed by atoms with van der Waals surface area (Å²) in [5.41, 5.74) is 2.87. The van der Waals surface area contributed by atoms with Crippen LogP contribution in [0.15, 0.2) is 42.5 Å². The number of rotatable bonds is 2. The van der Waals surface area contributed by atoms with Crippen molar-refractivity contribution in [1.29, 1.82) is 0 Å². The quantitative estimate of drug-likeness (QED) is 0.710. The molecule has 0 unspecified atom stereocenters. The first-order valence-corrected chi connectivity index (χ1v) is 5.45. The van der Waals surface area contributed by atoms with Gasteiger partial charge >= 0.3 is 0 Å². The summed E-state index contributed by atoms with van der Waals surface area (Å²) in [5.74, 6) is -0.362. The van der Waals surface area contributed by atoms with Gasteiger partial charge in [-0.05, 0) is 37.6 Å². The molecule has 2 rings (SSSR count). The van der Waals surface area contributed by atoms with Gasteiger partial charge in [0, 0.05) is 11.1 Å². The van der Waals surface area contributed by atoms with E-state index in [1.165, 1.54) is 19.1 Å². The molecule has 0 saturated carbocycles. The standard InChI is InChI=1S/C15H13FO/c1-10-4-3-5-13(8-10)14-9-12(11(2)17)6-7-15(14)16/h3-9H,1-2H3. The average molecular weight is 228 g/mol. The van der Waals surface area contributed by atoms with Gasteiger partial charge in [0.05, 0.1) is 0 Å². The van der Waals surface area contributed by atoms with Crippen molar-refractivity contribution in [1.82, 2.24) is 0 Å². The van der Waals surface area contributed by atoms with E-state index < -0.39 is 0 Å². The first-order valence-electron chi connectivity index (χ1n) is 5.45. The van der Waals surface area contributed by atoms with E-state index in [0.29, 0.717) is 11.1 Å². The molecule has 0 bridgehead atoms. The van der Waals surface area contributed by atoms with Crippen LogP contribution in [0.4, 0.5) is 4.39 Å². The summed E-state index contributed by atoms with van der Waals surface area (Å²) in [5, 5.41) is 0. The Labute approximate surface area is 99.9 Å². The van der Waals surface area contributed by atoms with E-state index in [2.05, 4.69) is 0 Å². The Morgan fingerprint density at radius 1 is 1.12 bits per heavy atom. The van der Waals surface area contributed by atoms with Crippen molar-refractivity contribution in [3.05, 3.63) is 59.4 Å². The summed E-state index contributed by atoms with van der Waals surface area (Å²) >= 11 is 0. The number of Topliss-reactive ketones (excluding diaryl/α,β-unsaturated/α-hetero) is 1. The molecule has 0 saturated heterocycles. The highest BCUT2D eigenvalue weighted by molar-refractivity contribution is 5.95. The van der Waals surface area contributed by atoms with Gasteiger partial charge in [-0.2, -0.15) is 0 Å². The summed E-state index contributed by atoms with van der Waals surface area (Å²) in [6.07, 6.45) is 0. The highest BCUT2D eigenvalue weighted by Crippen LogP contribution is 2.24. The zero-order valence-electron chi connectivity index (χ0n) is 9.83. The Bertz CT molecular complexity index is 573. The Hall–Kier alpha value is -1.96. The summed E-state index contributed by atoms with van der Waals surface area (Å²) in [7, 11) is 0. The number of hydrogen-bond donors (Lipinski definition) is 0. The first-order chi connectivity index (χ1) is 8.08. The predicted molar refractivity (Wildman–Crippen MR) is 66.6 cm³/mol. The second kappa shape index (κ2) is 4.50. The van der Waals surface area contributed by atoms with Crippen LogP contribution in [-0.4, -0.2) is 5.78 Å². The lowest BCUT2D eigenvalue weighted by molar-refractivity contribution is 0.101. The fraction of sp³-hybridized carbons (Fsp3) is 0.133. The van der Waals surface area contributed by atoms with Gasteiger partial charge in [-0.25, -0.2) is 4.39 Å². The molecule has 0 aliphatic heterocycles. The number of ketones is 1. The molecule has 0 aromatic heterocycles. The monoisotopic (exact) mass is 228 g/mol. The van der Waals surface area contributed by atoms with Crippen LogP contribution >= 0.6 is 0 Å². The van der Waals surface area contributed by atoms with Gasteiger partial charge < -0.3 is 0 Å². The van der Waals surface area contributed by atoms with Gasteiger partial charge in [-0.3, -0.25) is 4.79 Å². The van der Waals surface area contributed by atoms with Gasteiger partial charge in [-0.15, -0.1) is 0 Å². The number of carbonyl (C=O) groups is 1. The van der Waals surface area contributed by atoms with E-state index >= 15 is 0 Å². The van der Waals surface area contributed by atoms with Crippen molar-refractivity contribution >= 4 is 5.78 Å². The van der Waals surface area contributed by atoms with Crippen molar-refractivity contribution in [2.75, 3.05) is 0 Å². The summed E-state index contributed by atoms with van der Waals surface area (Å²) < 4.78 is 13.7. The molecule has 0 aliphatic rings. The van der Waals surface area contributed by atoms with Crippen molar-refractivity contribution < 1.29 is 9.18 Å². The van der Waals surface area contributed by atoms with Gasteiger partial charge in [0.2, 0.25) is 0 Å². The maximum absolute atomic E-state index is 13.7. The van der Waals surface area contributed by atoms with Gasteiger partial charge in [0.25, 0.3) is 0 Å². The minimum Gasteiger partial charge on any atom is -0.295 e. The number of aryl methyl sites for hydroxylation is 1. The fourth-order valence-corrected chi connectivity index (χ4v) is 1.78. The molecule has 0 amide bonds. The second-order valence-corrected chi connectivity index (χ2v) is 4.12. The minimum atomic E-state index is -0.305. The third kappa shape index (κ3) is 2.41. The minimum absolute atomic E-state index is 0.0566. The van der Waals surface area contributed by atoms with Gasteiger partial charge in [0.15, 0.2) is 5.78 Å². The molecule has 2 aromatic rings. The lowest BCUT2D eigenvalue weighted by Crippen LogP contribution is -1.94. The van der Waals surface area contributed by atoms with E-state index in [-0.39, 0.29) is 11.6 Å². The van der Waals surface area contributed by atoms with Crippen LogP contribution in [0.5, 0.6) is 0 Å². The second-order valence-electron chi connectivity index (χ2n) is 4.12. The molecular formula is C15H13FO. The normalized spacial score (nSPS) is 10.3. The number of hydrogen-bond acceptors (Lipinski definition) is 1. The van der Waals surface area contributed by atoms with Gasteiger partial charge in [0.1, 0.15) is 5.82 Å². The van der Waals surface area contributed by atoms with E-state index in [9.17, 15) is 9.18 Å². The number of carbonyl (C=O) groups excluding carboxylic acids is 1. The van der Waals surface area contributed by atoms with Crippen molar-refractivity contribution in [2.45, 2.75) is 13.8 Å². The van der Waals surface area contributed by atoms with Crippen molar-refractivity contribution in [3.63, 3.8) is 0 Å². The SMILES string of the molecule is CC(=O)c1ccc(F)c(-c2cccc(C)c2)c1. The molecule has 0 radical (unpaired) electrons. The lowest BCUT2D eigenvalue weighted by Gasteiger charge is -2.06. The van der Waals surface area contributed by atoms with Crippen LogP contribution in [0.2, 0.25) is 0 Å². The largest absolute Gasteiger partial charge is 0.295 e. The molecule has 0 atom stereocenters. The highest BCUT2D eigenvalue weighted by atomic mass is 19.1. The smallest absolute Gasteiger partial charge is 0.159 e. The molecule has 0 heterocycles. The Balaban J connectivity index is 2.58. The van der Waals surface area contributed by atoms with Crippen LogP contribution in [0.3, 0.4) is 0 Å². The maximum Gasteiger partial charge on any atom is 0.159 e. The van der Waals surface area contributed by atoms with Crippen LogP contribution in [-0.2, 0) is 0 Å². The molecule has 2 aromatic carbocycles. The third-order valence-corrected chi connectivity index (χ3v) is 2.70. The van der Waals surface area contributed by atoms with Gasteiger partial charge in [-0.1, -0.05) is 29.8 Å². The molecule has 2 heteroatoms. The molecule has 0 N–H and O–H groups in total. The first kappa shape index (κ1) is 11.5. The van der Waals surface area contributed by atoms with Crippen LogP contribution in [0.25, 0.3) is 11.1 Å². The lowest BCUT2D eigenvalue weighted by atomic mass is 10.00. The topological polar surface area (TPSA) is 17.1 Å². The summed E-state index contributed by atoms with van der Waals surface area (Å²) in [6, 6.07) is 12.0. The highest BCUT2D eigenvalue weighted by Gasteiger charge is 2.08. The Morgan fingerprint density at radius 2 is 1.88 bits per heavy atom. The van der Waals surface area contributed by atoms with E-state index in [0.717, 1.165) is 11.1 Å². The van der Waals surface area contributed by atoms with Crippen LogP contribution in [0, 0.1) is 12.7 Å². The fourth-order valence-electron chi connectivity index (χ4n) is 1.78. The Morgan fingerprint density at radius 3 is 2.53 bits per heavy atom. The predicted octanol–water partition coefficient (Wildman–Crippen LogP) is 4.00. The molecular weight excluding hydrogens is 215 g/mol. The number of halogens is 1. The summed E-state index contributed by atoms with van der Waals surface area (Å²) in [4.78, 5) is 11.3. The summed E-state index contributed by atoms with van der Waals surface area (Å²) in [6.45, 7) is 3.43. The van der Waals surface area contributed by atoms with Crippen LogP contribution in [0.1, 0.15) is 22.8 Å². The maximum atomic E-state index is 13.7. The average Bonchev–Trinajstić information content (AvgIpc) is 2.29. The third-order valence-electron chi connectivity index (χ3n) is 2.70. The van der Waals surface area contributed by atoms with E-state index in [4.69, 9.17) is 0 Å². The molecule has 0 fully saturated rings. The van der Waals surface area contributed by atoms with E-state index in [1.54, 1.807) is 6.07 Å². The molecule has 86 valence electrons. The van der Waals surface area contributed by atoms with Crippen molar-refractivity contribution in [3.8, 4) is 11.1 Å². The molecule has 17 heavy (non-hydrogen) atoms. The molecule has 1 nitrogen and oxygen atoms in total. The zero-order chi connectivity index (χ0) is 12.4. The van der Waals surface area contributed by atoms with E-state index in [1.807, 2.05) is 31.2 Å². The number of benzene rings is 2. The molecule has 0 spiro atoms. The zero-order valence-corrected chi connectivity index (χ0v) is 9.83.